The van der Waals surface area contributed by atoms with Gasteiger partial charge in [0.05, 0.1) is 11.3 Å². The van der Waals surface area contributed by atoms with Gasteiger partial charge in [-0.3, -0.25) is 9.79 Å². The number of nitrogens with zero attached hydrogens (tertiary/aromatic N) is 1. The molecule has 0 saturated heterocycles. The lowest BCUT2D eigenvalue weighted by atomic mass is 9.75. The summed E-state index contributed by atoms with van der Waals surface area (Å²) >= 11 is 0. The molecule has 0 spiro atoms. The fourth-order valence-electron chi connectivity index (χ4n) is 2.92. The Balaban J connectivity index is 2.40. The van der Waals surface area contributed by atoms with Gasteiger partial charge in [-0.25, -0.2) is 0 Å². The maximum Gasteiger partial charge on any atom is 0.168 e. The third kappa shape index (κ3) is 4.06. The van der Waals surface area contributed by atoms with Crippen LogP contribution in [0.3, 0.4) is 0 Å². The molecule has 0 aliphatic heterocycles. The lowest BCUT2D eigenvalue weighted by Gasteiger charge is -2.30. The monoisotopic (exact) mass is 299 g/mol. The number of aliphatic hydroxyl groups is 1. The summed E-state index contributed by atoms with van der Waals surface area (Å²) < 4.78 is 0. The predicted molar refractivity (Wildman–Crippen MR) is 90.4 cm³/mol. The first-order valence-corrected chi connectivity index (χ1v) is 7.85. The van der Waals surface area contributed by atoms with E-state index in [0.29, 0.717) is 30.5 Å². The molecule has 0 aromatic heterocycles. The van der Waals surface area contributed by atoms with Gasteiger partial charge in [-0.1, -0.05) is 44.2 Å². The fourth-order valence-corrected chi connectivity index (χ4v) is 2.92. The highest BCUT2D eigenvalue weighted by molar-refractivity contribution is 6.23. The van der Waals surface area contributed by atoms with Crippen LogP contribution in [0.4, 0.5) is 0 Å². The molecule has 0 amide bonds. The van der Waals surface area contributed by atoms with Crippen LogP contribution in [0.5, 0.6) is 0 Å². The SMILES string of the molecule is CC(C)N=C(Cc1ccccc1)C1=C(O)CC(C)(C)CC1=O. The van der Waals surface area contributed by atoms with Gasteiger partial charge in [0.2, 0.25) is 0 Å². The molecule has 0 fully saturated rings. The molecule has 0 atom stereocenters. The van der Waals surface area contributed by atoms with Crippen molar-refractivity contribution in [2.45, 2.75) is 53.0 Å². The molecule has 2 rings (SSSR count). The third-order valence-corrected chi connectivity index (χ3v) is 3.77. The fraction of sp³-hybridized carbons (Fsp3) is 0.474. The summed E-state index contributed by atoms with van der Waals surface area (Å²) in [5, 5.41) is 10.4. The van der Waals surface area contributed by atoms with Gasteiger partial charge >= 0.3 is 0 Å². The Bertz CT molecular complexity index is 610. The summed E-state index contributed by atoms with van der Waals surface area (Å²) in [5.41, 5.74) is 2.07. The zero-order chi connectivity index (χ0) is 16.3. The summed E-state index contributed by atoms with van der Waals surface area (Å²) in [4.78, 5) is 17.2. The Labute approximate surface area is 132 Å². The Hall–Kier alpha value is -1.90. The summed E-state index contributed by atoms with van der Waals surface area (Å²) in [7, 11) is 0. The molecule has 3 heteroatoms. The first-order chi connectivity index (χ1) is 10.3. The smallest absolute Gasteiger partial charge is 0.168 e. The van der Waals surface area contributed by atoms with E-state index in [0.717, 1.165) is 5.56 Å². The summed E-state index contributed by atoms with van der Waals surface area (Å²) in [6.07, 6.45) is 1.56. The van der Waals surface area contributed by atoms with Crippen LogP contribution in [-0.4, -0.2) is 22.6 Å². The van der Waals surface area contributed by atoms with Crippen LogP contribution in [0, 0.1) is 5.41 Å². The highest BCUT2D eigenvalue weighted by Gasteiger charge is 2.35. The van der Waals surface area contributed by atoms with Gasteiger partial charge in [0.1, 0.15) is 5.76 Å². The molecule has 22 heavy (non-hydrogen) atoms. The Morgan fingerprint density at radius 2 is 1.86 bits per heavy atom. The number of carbonyl (C=O) groups is 1. The van der Waals surface area contributed by atoms with Crippen molar-refractivity contribution < 1.29 is 9.90 Å². The largest absolute Gasteiger partial charge is 0.511 e. The Morgan fingerprint density at radius 3 is 2.41 bits per heavy atom. The number of hydrogen-bond donors (Lipinski definition) is 1. The van der Waals surface area contributed by atoms with Crippen molar-refractivity contribution >= 4 is 11.5 Å². The second-order valence-electron chi connectivity index (χ2n) is 7.09. The first-order valence-electron chi connectivity index (χ1n) is 7.85. The molecule has 118 valence electrons. The average molecular weight is 299 g/mol. The number of ketones is 1. The number of carbonyl (C=O) groups excluding carboxylic acids is 1. The van der Waals surface area contributed by atoms with Gasteiger partial charge in [0.25, 0.3) is 0 Å². The zero-order valence-electron chi connectivity index (χ0n) is 13.9. The van der Waals surface area contributed by atoms with E-state index in [9.17, 15) is 9.90 Å². The second-order valence-corrected chi connectivity index (χ2v) is 7.09. The molecule has 0 heterocycles. The number of allylic oxidation sites excluding steroid dienone is 2. The lowest BCUT2D eigenvalue weighted by Crippen LogP contribution is -2.30. The van der Waals surface area contributed by atoms with Crippen molar-refractivity contribution in [2.24, 2.45) is 10.4 Å². The van der Waals surface area contributed by atoms with E-state index in [-0.39, 0.29) is 23.0 Å². The van der Waals surface area contributed by atoms with Crippen LogP contribution < -0.4 is 0 Å². The van der Waals surface area contributed by atoms with Crippen LogP contribution >= 0.6 is 0 Å². The van der Waals surface area contributed by atoms with E-state index in [1.54, 1.807) is 0 Å². The van der Waals surface area contributed by atoms with Gasteiger partial charge in [-0.15, -0.1) is 0 Å². The van der Waals surface area contributed by atoms with Crippen LogP contribution in [0.1, 0.15) is 46.1 Å². The van der Waals surface area contributed by atoms with Crippen LogP contribution in [0.15, 0.2) is 46.7 Å². The van der Waals surface area contributed by atoms with Crippen LogP contribution in [-0.2, 0) is 11.2 Å². The van der Waals surface area contributed by atoms with Gasteiger partial charge in [-0.2, -0.15) is 0 Å². The quantitative estimate of drug-likeness (QED) is 0.844. The molecule has 1 N–H and O–H groups in total. The van der Waals surface area contributed by atoms with Gasteiger partial charge in [0, 0.05) is 25.3 Å². The van der Waals surface area contributed by atoms with Crippen molar-refractivity contribution in [1.29, 1.82) is 0 Å². The highest BCUT2D eigenvalue weighted by atomic mass is 16.3. The van der Waals surface area contributed by atoms with E-state index in [2.05, 4.69) is 4.99 Å². The van der Waals surface area contributed by atoms with E-state index in [1.807, 2.05) is 58.0 Å². The number of aliphatic hydroxyl groups excluding tert-OH is 1. The summed E-state index contributed by atoms with van der Waals surface area (Å²) in [6, 6.07) is 10.0. The average Bonchev–Trinajstić information content (AvgIpc) is 2.36. The Morgan fingerprint density at radius 1 is 1.23 bits per heavy atom. The van der Waals surface area contributed by atoms with E-state index in [4.69, 9.17) is 0 Å². The van der Waals surface area contributed by atoms with Crippen molar-refractivity contribution in [2.75, 3.05) is 0 Å². The number of Topliss-reactive ketones (excluding diaryl/α,β-unsaturated/α-hetero) is 1. The number of rotatable bonds is 4. The van der Waals surface area contributed by atoms with Gasteiger partial charge in [0.15, 0.2) is 5.78 Å². The van der Waals surface area contributed by atoms with Crippen LogP contribution in [0.2, 0.25) is 0 Å². The number of aliphatic imine (C=N–C) groups is 1. The third-order valence-electron chi connectivity index (χ3n) is 3.77. The standard InChI is InChI=1S/C19H25NO2/c1-13(2)20-15(10-14-8-6-5-7-9-14)18-16(21)11-19(3,4)12-17(18)22/h5-9,13,21H,10-12H2,1-4H3. The summed E-state index contributed by atoms with van der Waals surface area (Å²) in [6.45, 7) is 7.99. The maximum absolute atomic E-state index is 12.5. The molecule has 0 bridgehead atoms. The molecular weight excluding hydrogens is 274 g/mol. The maximum atomic E-state index is 12.5. The minimum atomic E-state index is -0.180. The molecule has 1 aliphatic carbocycles. The van der Waals surface area contributed by atoms with Crippen molar-refractivity contribution in [3.05, 3.63) is 47.2 Å². The molecule has 3 nitrogen and oxygen atoms in total. The normalized spacial score (nSPS) is 19.0. The second kappa shape index (κ2) is 6.47. The number of benzene rings is 1. The molecular formula is C19H25NO2. The van der Waals surface area contributed by atoms with E-state index >= 15 is 0 Å². The van der Waals surface area contributed by atoms with E-state index < -0.39 is 0 Å². The summed E-state index contributed by atoms with van der Waals surface area (Å²) in [5.74, 6) is 0.195. The van der Waals surface area contributed by atoms with Crippen molar-refractivity contribution in [1.82, 2.24) is 0 Å². The molecule has 1 aromatic carbocycles. The van der Waals surface area contributed by atoms with E-state index in [1.165, 1.54) is 0 Å². The lowest BCUT2D eigenvalue weighted by molar-refractivity contribution is -0.117. The molecule has 0 unspecified atom stereocenters. The Kier molecular flexibility index (Phi) is 4.84. The minimum Gasteiger partial charge on any atom is -0.511 e. The topological polar surface area (TPSA) is 49.7 Å². The molecule has 1 aliphatic rings. The van der Waals surface area contributed by atoms with Crippen molar-refractivity contribution in [3.8, 4) is 0 Å². The van der Waals surface area contributed by atoms with Gasteiger partial charge in [-0.05, 0) is 24.8 Å². The molecule has 1 aromatic rings. The van der Waals surface area contributed by atoms with Crippen LogP contribution in [0.25, 0.3) is 0 Å². The predicted octanol–water partition coefficient (Wildman–Crippen LogP) is 4.28. The first kappa shape index (κ1) is 16.5. The number of hydrogen-bond acceptors (Lipinski definition) is 3. The molecule has 0 saturated carbocycles. The molecule has 0 radical (unpaired) electrons. The zero-order valence-corrected chi connectivity index (χ0v) is 13.9. The van der Waals surface area contributed by atoms with Crippen molar-refractivity contribution in [3.63, 3.8) is 0 Å². The minimum absolute atomic E-state index is 0.00378. The van der Waals surface area contributed by atoms with Gasteiger partial charge < -0.3 is 5.11 Å². The highest BCUT2D eigenvalue weighted by Crippen LogP contribution is 2.36.